The van der Waals surface area contributed by atoms with Crippen LogP contribution in [0.15, 0.2) is 54.9 Å². The lowest BCUT2D eigenvalue weighted by molar-refractivity contribution is 0.0952. The number of aromatic hydroxyl groups is 1. The monoisotopic (exact) mass is 418 g/mol. The van der Waals surface area contributed by atoms with Gasteiger partial charge >= 0.3 is 0 Å². The molecule has 0 radical (unpaired) electrons. The third kappa shape index (κ3) is 5.12. The van der Waals surface area contributed by atoms with E-state index in [-0.39, 0.29) is 17.7 Å². The average Bonchev–Trinajstić information content (AvgIpc) is 3.62. The van der Waals surface area contributed by atoms with Crippen molar-refractivity contribution in [1.29, 1.82) is 0 Å². The molecule has 7 nitrogen and oxygen atoms in total. The minimum atomic E-state index is -0.0260. The van der Waals surface area contributed by atoms with E-state index in [4.69, 9.17) is 4.74 Å². The lowest BCUT2D eigenvalue weighted by atomic mass is 10.1. The van der Waals surface area contributed by atoms with Gasteiger partial charge in [0.1, 0.15) is 5.82 Å². The van der Waals surface area contributed by atoms with E-state index in [1.807, 2.05) is 31.2 Å². The van der Waals surface area contributed by atoms with Crippen molar-refractivity contribution < 1.29 is 14.6 Å². The number of rotatable bonds is 8. The van der Waals surface area contributed by atoms with Crippen molar-refractivity contribution in [2.75, 3.05) is 19.0 Å². The van der Waals surface area contributed by atoms with Gasteiger partial charge in [-0.15, -0.1) is 0 Å². The summed E-state index contributed by atoms with van der Waals surface area (Å²) in [6.45, 7) is 2.79. The second-order valence-corrected chi connectivity index (χ2v) is 7.82. The molecule has 0 aliphatic heterocycles. The molecule has 0 unspecified atom stereocenters. The van der Waals surface area contributed by atoms with Crippen LogP contribution in [0.3, 0.4) is 0 Å². The number of nitrogens with one attached hydrogen (secondary N) is 2. The van der Waals surface area contributed by atoms with Crippen molar-refractivity contribution in [1.82, 2.24) is 15.3 Å². The Labute approximate surface area is 181 Å². The SMILES string of the molecule is COc1cc(-c2cncc(N[C@H](C)c3ccc(C(=O)NCC4CC4)cc3)n2)ccc1O. The third-order valence-electron chi connectivity index (χ3n) is 5.40. The van der Waals surface area contributed by atoms with Gasteiger partial charge in [-0.05, 0) is 61.6 Å². The summed E-state index contributed by atoms with van der Waals surface area (Å²) >= 11 is 0. The fraction of sp³-hybridized carbons (Fsp3) is 0.292. The third-order valence-corrected chi connectivity index (χ3v) is 5.40. The van der Waals surface area contributed by atoms with E-state index in [0.717, 1.165) is 17.7 Å². The fourth-order valence-electron chi connectivity index (χ4n) is 3.30. The maximum Gasteiger partial charge on any atom is 0.251 e. The molecule has 1 saturated carbocycles. The van der Waals surface area contributed by atoms with Crippen molar-refractivity contribution >= 4 is 11.7 Å². The summed E-state index contributed by atoms with van der Waals surface area (Å²) in [7, 11) is 1.51. The highest BCUT2D eigenvalue weighted by Gasteiger charge is 2.21. The zero-order valence-corrected chi connectivity index (χ0v) is 17.6. The topological polar surface area (TPSA) is 96.4 Å². The smallest absolute Gasteiger partial charge is 0.251 e. The van der Waals surface area contributed by atoms with Crippen LogP contribution in [0.25, 0.3) is 11.3 Å². The Hall–Kier alpha value is -3.61. The van der Waals surface area contributed by atoms with Gasteiger partial charge < -0.3 is 20.5 Å². The lowest BCUT2D eigenvalue weighted by Gasteiger charge is -2.16. The molecule has 0 bridgehead atoms. The van der Waals surface area contributed by atoms with Gasteiger partial charge in [-0.2, -0.15) is 0 Å². The molecule has 1 heterocycles. The molecule has 0 spiro atoms. The van der Waals surface area contributed by atoms with E-state index in [0.29, 0.717) is 28.7 Å². The van der Waals surface area contributed by atoms with Crippen molar-refractivity contribution in [3.8, 4) is 22.8 Å². The van der Waals surface area contributed by atoms with Crippen LogP contribution < -0.4 is 15.4 Å². The second kappa shape index (κ2) is 9.04. The maximum absolute atomic E-state index is 12.2. The van der Waals surface area contributed by atoms with Crippen molar-refractivity contribution in [2.24, 2.45) is 5.92 Å². The Bertz CT molecular complexity index is 1060. The zero-order valence-electron chi connectivity index (χ0n) is 17.6. The highest BCUT2D eigenvalue weighted by molar-refractivity contribution is 5.94. The van der Waals surface area contributed by atoms with E-state index in [2.05, 4.69) is 20.6 Å². The number of hydrogen-bond acceptors (Lipinski definition) is 6. The number of benzene rings is 2. The van der Waals surface area contributed by atoms with Crippen LogP contribution in [0.1, 0.15) is 41.7 Å². The number of carbonyl (C=O) groups is 1. The molecule has 1 atom stereocenters. The van der Waals surface area contributed by atoms with Gasteiger partial charge in [0.05, 0.1) is 25.2 Å². The Kier molecular flexibility index (Phi) is 6.02. The molecule has 31 heavy (non-hydrogen) atoms. The molecule has 1 fully saturated rings. The van der Waals surface area contributed by atoms with E-state index in [9.17, 15) is 9.90 Å². The van der Waals surface area contributed by atoms with Crippen LogP contribution in [-0.2, 0) is 0 Å². The first-order valence-corrected chi connectivity index (χ1v) is 10.4. The van der Waals surface area contributed by atoms with E-state index < -0.39 is 0 Å². The molecule has 160 valence electrons. The Balaban J connectivity index is 1.43. The van der Waals surface area contributed by atoms with Crippen LogP contribution in [-0.4, -0.2) is 34.6 Å². The van der Waals surface area contributed by atoms with E-state index in [1.54, 1.807) is 30.6 Å². The van der Waals surface area contributed by atoms with Gasteiger partial charge in [0, 0.05) is 23.7 Å². The number of anilines is 1. The Morgan fingerprint density at radius 1 is 1.19 bits per heavy atom. The molecule has 3 aromatic rings. The summed E-state index contributed by atoms with van der Waals surface area (Å²) in [5.74, 6) is 1.72. The first-order valence-electron chi connectivity index (χ1n) is 10.4. The van der Waals surface area contributed by atoms with Gasteiger partial charge in [-0.25, -0.2) is 4.98 Å². The van der Waals surface area contributed by atoms with Gasteiger partial charge in [0.2, 0.25) is 0 Å². The van der Waals surface area contributed by atoms with Crippen LogP contribution in [0, 0.1) is 5.92 Å². The van der Waals surface area contributed by atoms with Gasteiger partial charge in [0.15, 0.2) is 11.5 Å². The first kappa shape index (κ1) is 20.7. The number of nitrogens with zero attached hydrogens (tertiary/aromatic N) is 2. The summed E-state index contributed by atoms with van der Waals surface area (Å²) in [6.07, 6.45) is 5.76. The van der Waals surface area contributed by atoms with Crippen LogP contribution in [0.2, 0.25) is 0 Å². The predicted molar refractivity (Wildman–Crippen MR) is 119 cm³/mol. The predicted octanol–water partition coefficient (Wildman–Crippen LogP) is 4.17. The molecule has 1 amide bonds. The highest BCUT2D eigenvalue weighted by Crippen LogP contribution is 2.31. The number of hydrogen-bond donors (Lipinski definition) is 3. The van der Waals surface area contributed by atoms with E-state index >= 15 is 0 Å². The summed E-state index contributed by atoms with van der Waals surface area (Å²) in [6, 6.07) is 12.6. The largest absolute Gasteiger partial charge is 0.504 e. The fourth-order valence-corrected chi connectivity index (χ4v) is 3.30. The number of ether oxygens (including phenoxy) is 1. The number of phenolic OH excluding ortho intramolecular Hbond substituents is 1. The molecular weight excluding hydrogens is 392 g/mol. The molecule has 1 aromatic heterocycles. The normalized spacial score (nSPS) is 14.0. The Morgan fingerprint density at radius 3 is 2.68 bits per heavy atom. The minimum absolute atomic E-state index is 0.0255. The summed E-state index contributed by atoms with van der Waals surface area (Å²) in [5.41, 5.74) is 3.16. The van der Waals surface area contributed by atoms with Gasteiger partial charge in [-0.1, -0.05) is 12.1 Å². The molecule has 1 aliphatic carbocycles. The standard InChI is InChI=1S/C24H26N4O3/c1-15(17-5-7-18(8-6-17)24(30)26-12-16-3-4-16)27-23-14-25-13-20(28-23)19-9-10-21(29)22(11-19)31-2/h5-11,13-16,29H,3-4,12H2,1-2H3,(H,26,30)(H,27,28)/t15-/m1/s1. The van der Waals surface area contributed by atoms with Crippen LogP contribution >= 0.6 is 0 Å². The highest BCUT2D eigenvalue weighted by atomic mass is 16.5. The zero-order chi connectivity index (χ0) is 21.8. The van der Waals surface area contributed by atoms with Crippen molar-refractivity contribution in [2.45, 2.75) is 25.8 Å². The molecular formula is C24H26N4O3. The number of aromatic nitrogens is 2. The summed E-state index contributed by atoms with van der Waals surface area (Å²) in [5, 5.41) is 16.1. The number of phenols is 1. The quantitative estimate of drug-likeness (QED) is 0.508. The summed E-state index contributed by atoms with van der Waals surface area (Å²) in [4.78, 5) is 21.1. The number of methoxy groups -OCH3 is 1. The van der Waals surface area contributed by atoms with Crippen molar-refractivity contribution in [3.63, 3.8) is 0 Å². The first-order chi connectivity index (χ1) is 15.0. The number of amides is 1. The lowest BCUT2D eigenvalue weighted by Crippen LogP contribution is -2.25. The van der Waals surface area contributed by atoms with Gasteiger partial charge in [0.25, 0.3) is 5.91 Å². The molecule has 1 aliphatic rings. The Morgan fingerprint density at radius 2 is 1.97 bits per heavy atom. The molecule has 3 N–H and O–H groups in total. The number of carbonyl (C=O) groups excluding carboxylic acids is 1. The molecule has 0 saturated heterocycles. The molecule has 7 heteroatoms. The second-order valence-electron chi connectivity index (χ2n) is 7.82. The van der Waals surface area contributed by atoms with Gasteiger partial charge in [-0.3, -0.25) is 9.78 Å². The van der Waals surface area contributed by atoms with Crippen molar-refractivity contribution in [3.05, 3.63) is 66.0 Å². The summed E-state index contributed by atoms with van der Waals surface area (Å²) < 4.78 is 5.17. The molecule has 2 aromatic carbocycles. The van der Waals surface area contributed by atoms with E-state index in [1.165, 1.54) is 20.0 Å². The molecule has 4 rings (SSSR count). The van der Waals surface area contributed by atoms with Crippen LogP contribution in [0.4, 0.5) is 5.82 Å². The minimum Gasteiger partial charge on any atom is -0.504 e. The van der Waals surface area contributed by atoms with Crippen LogP contribution in [0.5, 0.6) is 11.5 Å². The maximum atomic E-state index is 12.2. The average molecular weight is 418 g/mol.